The maximum atomic E-state index is 10.5. The van der Waals surface area contributed by atoms with E-state index < -0.39 is 5.60 Å². The molecule has 0 atom stereocenters. The summed E-state index contributed by atoms with van der Waals surface area (Å²) in [4.78, 5) is 0. The first kappa shape index (κ1) is 15.0. The van der Waals surface area contributed by atoms with Gasteiger partial charge in [0.15, 0.2) is 0 Å². The Bertz CT molecular complexity index is 227. The van der Waals surface area contributed by atoms with Crippen LogP contribution < -0.4 is 5.32 Å². The summed E-state index contributed by atoms with van der Waals surface area (Å²) >= 11 is 0. The van der Waals surface area contributed by atoms with Crippen LogP contribution in [-0.2, 0) is 0 Å². The fourth-order valence-corrected chi connectivity index (χ4v) is 2.80. The summed E-state index contributed by atoms with van der Waals surface area (Å²) in [7, 11) is 0. The van der Waals surface area contributed by atoms with E-state index in [2.05, 4.69) is 39.9 Å². The second-order valence-corrected chi connectivity index (χ2v) is 6.88. The van der Waals surface area contributed by atoms with Gasteiger partial charge in [0.25, 0.3) is 0 Å². The van der Waals surface area contributed by atoms with E-state index in [1.165, 1.54) is 19.3 Å². The summed E-state index contributed by atoms with van der Waals surface area (Å²) in [6, 6.07) is 0.462. The minimum atomic E-state index is -0.454. The van der Waals surface area contributed by atoms with Crippen LogP contribution >= 0.6 is 0 Å². The average Bonchev–Trinajstić information content (AvgIpc) is 2.27. The molecule has 0 spiro atoms. The van der Waals surface area contributed by atoms with E-state index in [0.717, 1.165) is 25.3 Å². The summed E-state index contributed by atoms with van der Waals surface area (Å²) in [5.41, 5.74) is -0.0165. The zero-order valence-corrected chi connectivity index (χ0v) is 12.3. The predicted octanol–water partition coefficient (Wildman–Crippen LogP) is 3.34. The van der Waals surface area contributed by atoms with Gasteiger partial charge in [0.2, 0.25) is 0 Å². The Morgan fingerprint density at radius 1 is 1.29 bits per heavy atom. The molecule has 0 radical (unpaired) electrons. The molecule has 0 heterocycles. The van der Waals surface area contributed by atoms with Crippen LogP contribution in [-0.4, -0.2) is 23.3 Å². The zero-order valence-electron chi connectivity index (χ0n) is 12.3. The van der Waals surface area contributed by atoms with Crippen molar-refractivity contribution >= 4 is 0 Å². The average molecular weight is 241 g/mol. The third-order valence-corrected chi connectivity index (χ3v) is 4.77. The maximum Gasteiger partial charge on any atom is 0.0771 e. The van der Waals surface area contributed by atoms with Crippen molar-refractivity contribution in [3.05, 3.63) is 0 Å². The lowest BCUT2D eigenvalue weighted by atomic mass is 9.66. The van der Waals surface area contributed by atoms with Crippen molar-refractivity contribution in [3.63, 3.8) is 0 Å². The molecule has 17 heavy (non-hydrogen) atoms. The van der Waals surface area contributed by atoms with Gasteiger partial charge in [-0.25, -0.2) is 0 Å². The second-order valence-electron chi connectivity index (χ2n) is 6.88. The first-order chi connectivity index (χ1) is 7.79. The molecular formula is C15H31NO. The van der Waals surface area contributed by atoms with E-state index in [9.17, 15) is 5.11 Å². The van der Waals surface area contributed by atoms with Crippen molar-refractivity contribution in [2.24, 2.45) is 11.3 Å². The number of aliphatic hydroxyl groups is 1. The highest BCUT2D eigenvalue weighted by atomic mass is 16.3. The normalized spacial score (nSPS) is 30.9. The Kier molecular flexibility index (Phi) is 5.03. The van der Waals surface area contributed by atoms with Crippen LogP contribution in [0.5, 0.6) is 0 Å². The van der Waals surface area contributed by atoms with Crippen LogP contribution in [0.25, 0.3) is 0 Å². The van der Waals surface area contributed by atoms with Crippen LogP contribution in [0, 0.1) is 11.3 Å². The third kappa shape index (κ3) is 4.26. The van der Waals surface area contributed by atoms with Gasteiger partial charge < -0.3 is 10.4 Å². The SMILES string of the molecule is CCC(C)(C)C1CCC(O)(CNC(C)C)CC1. The van der Waals surface area contributed by atoms with Crippen molar-refractivity contribution in [2.75, 3.05) is 6.54 Å². The number of hydrogen-bond acceptors (Lipinski definition) is 2. The highest BCUT2D eigenvalue weighted by Crippen LogP contribution is 2.43. The lowest BCUT2D eigenvalue weighted by Crippen LogP contribution is -2.46. The van der Waals surface area contributed by atoms with Gasteiger partial charge in [0.1, 0.15) is 0 Å². The van der Waals surface area contributed by atoms with Gasteiger partial charge in [-0.1, -0.05) is 41.0 Å². The molecule has 2 nitrogen and oxygen atoms in total. The van der Waals surface area contributed by atoms with E-state index in [1.54, 1.807) is 0 Å². The molecule has 0 aromatic heterocycles. The molecule has 0 bridgehead atoms. The molecule has 0 amide bonds. The molecule has 0 aliphatic heterocycles. The van der Waals surface area contributed by atoms with Crippen molar-refractivity contribution in [2.45, 2.75) is 78.4 Å². The Hall–Kier alpha value is -0.0800. The van der Waals surface area contributed by atoms with Gasteiger partial charge in [0.05, 0.1) is 5.60 Å². The number of rotatable bonds is 5. The fraction of sp³-hybridized carbons (Fsp3) is 1.00. The van der Waals surface area contributed by atoms with E-state index in [4.69, 9.17) is 0 Å². The van der Waals surface area contributed by atoms with Gasteiger partial charge in [-0.15, -0.1) is 0 Å². The molecule has 1 fully saturated rings. The largest absolute Gasteiger partial charge is 0.389 e. The van der Waals surface area contributed by atoms with Crippen molar-refractivity contribution in [3.8, 4) is 0 Å². The Balaban J connectivity index is 2.44. The minimum Gasteiger partial charge on any atom is -0.389 e. The lowest BCUT2D eigenvalue weighted by molar-refractivity contribution is -0.0279. The monoisotopic (exact) mass is 241 g/mol. The minimum absolute atomic E-state index is 0.437. The van der Waals surface area contributed by atoms with E-state index in [1.807, 2.05) is 0 Å². The van der Waals surface area contributed by atoms with Gasteiger partial charge >= 0.3 is 0 Å². The predicted molar refractivity (Wildman–Crippen MR) is 74.1 cm³/mol. The van der Waals surface area contributed by atoms with E-state index in [-0.39, 0.29) is 0 Å². The van der Waals surface area contributed by atoms with Gasteiger partial charge in [-0.3, -0.25) is 0 Å². The third-order valence-electron chi connectivity index (χ3n) is 4.77. The van der Waals surface area contributed by atoms with Gasteiger partial charge in [0, 0.05) is 12.6 Å². The molecule has 1 aliphatic rings. The highest BCUT2D eigenvalue weighted by molar-refractivity contribution is 4.91. The summed E-state index contributed by atoms with van der Waals surface area (Å²) in [6.45, 7) is 12.0. The van der Waals surface area contributed by atoms with Crippen molar-refractivity contribution < 1.29 is 5.11 Å². The van der Waals surface area contributed by atoms with Crippen LogP contribution in [0.15, 0.2) is 0 Å². The summed E-state index contributed by atoms with van der Waals surface area (Å²) in [5.74, 6) is 0.784. The lowest BCUT2D eigenvalue weighted by Gasteiger charge is -2.42. The summed E-state index contributed by atoms with van der Waals surface area (Å²) in [6.07, 6.45) is 5.51. The molecule has 0 aromatic carbocycles. The Morgan fingerprint density at radius 3 is 2.24 bits per heavy atom. The molecule has 0 saturated heterocycles. The maximum absolute atomic E-state index is 10.5. The molecule has 1 aliphatic carbocycles. The topological polar surface area (TPSA) is 32.3 Å². The fourth-order valence-electron chi connectivity index (χ4n) is 2.80. The molecular weight excluding hydrogens is 210 g/mol. The van der Waals surface area contributed by atoms with E-state index in [0.29, 0.717) is 11.5 Å². The second kappa shape index (κ2) is 5.71. The molecule has 0 unspecified atom stereocenters. The zero-order chi connectivity index (χ0) is 13.1. The molecule has 1 rings (SSSR count). The summed E-state index contributed by atoms with van der Waals surface area (Å²) in [5, 5.41) is 13.9. The molecule has 0 aromatic rings. The highest BCUT2D eigenvalue weighted by Gasteiger charge is 2.38. The van der Waals surface area contributed by atoms with Gasteiger partial charge in [-0.05, 0) is 37.0 Å². The van der Waals surface area contributed by atoms with Crippen LogP contribution in [0.3, 0.4) is 0 Å². The first-order valence-corrected chi connectivity index (χ1v) is 7.25. The van der Waals surface area contributed by atoms with Crippen LogP contribution in [0.1, 0.15) is 66.7 Å². The number of nitrogens with one attached hydrogen (secondary N) is 1. The van der Waals surface area contributed by atoms with Crippen LogP contribution in [0.2, 0.25) is 0 Å². The first-order valence-electron chi connectivity index (χ1n) is 7.25. The molecule has 1 saturated carbocycles. The number of hydrogen-bond donors (Lipinski definition) is 2. The standard InChI is InChI=1S/C15H31NO/c1-6-14(4,5)13-7-9-15(17,10-8-13)11-16-12(2)3/h12-13,16-17H,6-11H2,1-5H3. The molecule has 2 heteroatoms. The Labute approximate surface area is 107 Å². The molecule has 2 N–H and O–H groups in total. The Morgan fingerprint density at radius 2 is 1.82 bits per heavy atom. The van der Waals surface area contributed by atoms with E-state index >= 15 is 0 Å². The summed E-state index contributed by atoms with van der Waals surface area (Å²) < 4.78 is 0. The van der Waals surface area contributed by atoms with Crippen molar-refractivity contribution in [1.82, 2.24) is 5.32 Å². The quantitative estimate of drug-likeness (QED) is 0.773. The molecule has 102 valence electrons. The smallest absolute Gasteiger partial charge is 0.0771 e. The van der Waals surface area contributed by atoms with Crippen LogP contribution in [0.4, 0.5) is 0 Å². The van der Waals surface area contributed by atoms with Crippen molar-refractivity contribution in [1.29, 1.82) is 0 Å². The van der Waals surface area contributed by atoms with Gasteiger partial charge in [-0.2, -0.15) is 0 Å².